The van der Waals surface area contributed by atoms with Crippen molar-refractivity contribution in [3.05, 3.63) is 29.3 Å². The first-order valence-electron chi connectivity index (χ1n) is 6.79. The van der Waals surface area contributed by atoms with Gasteiger partial charge in [-0.25, -0.2) is 0 Å². The number of morpholine rings is 1. The van der Waals surface area contributed by atoms with E-state index in [-0.39, 0.29) is 0 Å². The van der Waals surface area contributed by atoms with E-state index < -0.39 is 0 Å². The Hall–Kier alpha value is -1.10. The molecule has 1 atom stereocenters. The lowest BCUT2D eigenvalue weighted by molar-refractivity contribution is -0.954. The summed E-state index contributed by atoms with van der Waals surface area (Å²) >= 11 is 0. The number of ether oxygens (including phenoxy) is 2. The largest absolute Gasteiger partial charge is 0.497 e. The fourth-order valence-electron chi connectivity index (χ4n) is 3.11. The van der Waals surface area contributed by atoms with Gasteiger partial charge in [0.25, 0.3) is 0 Å². The Morgan fingerprint density at radius 3 is 2.94 bits per heavy atom. The molecular formula is C14H22N2O2+2. The second-order valence-corrected chi connectivity index (χ2v) is 5.12. The van der Waals surface area contributed by atoms with E-state index in [2.05, 4.69) is 23.5 Å². The fraction of sp³-hybridized carbons (Fsp3) is 0.571. The number of nitrogens with two attached hydrogens (primary N) is 1. The third-order valence-electron chi connectivity index (χ3n) is 4.12. The Balaban J connectivity index is 1.89. The van der Waals surface area contributed by atoms with Crippen molar-refractivity contribution < 1.29 is 19.7 Å². The van der Waals surface area contributed by atoms with Crippen LogP contribution in [0.15, 0.2) is 18.2 Å². The average molecular weight is 250 g/mol. The zero-order chi connectivity index (χ0) is 12.4. The molecule has 1 aromatic rings. The quantitative estimate of drug-likeness (QED) is 0.687. The highest BCUT2D eigenvalue weighted by Crippen LogP contribution is 2.23. The molecule has 1 fully saturated rings. The van der Waals surface area contributed by atoms with Crippen molar-refractivity contribution in [1.82, 2.24) is 0 Å². The molecule has 0 unspecified atom stereocenters. The van der Waals surface area contributed by atoms with Gasteiger partial charge in [0.1, 0.15) is 31.9 Å². The van der Waals surface area contributed by atoms with Crippen molar-refractivity contribution >= 4 is 0 Å². The zero-order valence-corrected chi connectivity index (χ0v) is 10.9. The fourth-order valence-corrected chi connectivity index (χ4v) is 3.11. The summed E-state index contributed by atoms with van der Waals surface area (Å²) in [5, 5.41) is 2.42. The molecule has 1 aromatic carbocycles. The molecule has 3 N–H and O–H groups in total. The maximum absolute atomic E-state index is 5.47. The van der Waals surface area contributed by atoms with Gasteiger partial charge < -0.3 is 19.7 Å². The minimum absolute atomic E-state index is 0.591. The van der Waals surface area contributed by atoms with Crippen LogP contribution < -0.4 is 15.0 Å². The Bertz CT molecular complexity index is 416. The molecule has 2 aliphatic rings. The summed E-state index contributed by atoms with van der Waals surface area (Å²) in [5.41, 5.74) is 2.94. The highest BCUT2D eigenvalue weighted by atomic mass is 16.5. The number of fused-ring (bicyclic) bond motifs is 1. The smallest absolute Gasteiger partial charge is 0.163 e. The molecule has 4 heteroatoms. The van der Waals surface area contributed by atoms with E-state index in [1.54, 1.807) is 12.0 Å². The van der Waals surface area contributed by atoms with Gasteiger partial charge in [0.05, 0.1) is 20.3 Å². The molecule has 3 rings (SSSR count). The van der Waals surface area contributed by atoms with E-state index in [9.17, 15) is 0 Å². The summed E-state index contributed by atoms with van der Waals surface area (Å²) in [6.07, 6.45) is 0. The number of quaternary nitrogens is 2. The highest BCUT2D eigenvalue weighted by Gasteiger charge is 2.32. The van der Waals surface area contributed by atoms with Gasteiger partial charge in [-0.1, -0.05) is 0 Å². The molecule has 0 spiro atoms. The summed E-state index contributed by atoms with van der Waals surface area (Å²) in [6, 6.07) is 7.11. The predicted octanol–water partition coefficient (Wildman–Crippen LogP) is -1.27. The highest BCUT2D eigenvalue weighted by molar-refractivity contribution is 5.37. The van der Waals surface area contributed by atoms with E-state index in [1.165, 1.54) is 17.7 Å². The Kier molecular flexibility index (Phi) is 3.50. The third-order valence-corrected chi connectivity index (χ3v) is 4.12. The van der Waals surface area contributed by atoms with Crippen LogP contribution in [0.25, 0.3) is 0 Å². The van der Waals surface area contributed by atoms with Crippen LogP contribution in [0.3, 0.4) is 0 Å². The number of benzene rings is 1. The predicted molar refractivity (Wildman–Crippen MR) is 67.7 cm³/mol. The lowest BCUT2D eigenvalue weighted by Gasteiger charge is -2.33. The monoisotopic (exact) mass is 250 g/mol. The zero-order valence-electron chi connectivity index (χ0n) is 10.9. The topological polar surface area (TPSA) is 39.5 Å². The molecule has 18 heavy (non-hydrogen) atoms. The van der Waals surface area contributed by atoms with E-state index >= 15 is 0 Å². The minimum atomic E-state index is 0.591. The third kappa shape index (κ3) is 2.23. The van der Waals surface area contributed by atoms with E-state index in [1.807, 2.05) is 0 Å². The second kappa shape index (κ2) is 5.26. The molecule has 0 saturated carbocycles. The van der Waals surface area contributed by atoms with Gasteiger partial charge in [0.2, 0.25) is 0 Å². The molecule has 98 valence electrons. The van der Waals surface area contributed by atoms with Crippen LogP contribution in [-0.2, 0) is 11.3 Å². The Morgan fingerprint density at radius 2 is 2.17 bits per heavy atom. The van der Waals surface area contributed by atoms with Crippen molar-refractivity contribution in [3.8, 4) is 5.75 Å². The van der Waals surface area contributed by atoms with Gasteiger partial charge in [-0.2, -0.15) is 0 Å². The number of hydrogen-bond acceptors (Lipinski definition) is 2. The first-order valence-corrected chi connectivity index (χ1v) is 6.79. The Morgan fingerprint density at radius 1 is 1.33 bits per heavy atom. The van der Waals surface area contributed by atoms with Crippen LogP contribution in [-0.4, -0.2) is 40.0 Å². The summed E-state index contributed by atoms with van der Waals surface area (Å²) < 4.78 is 10.8. The van der Waals surface area contributed by atoms with Gasteiger partial charge in [-0.05, 0) is 18.2 Å². The maximum atomic E-state index is 5.47. The molecule has 0 amide bonds. The van der Waals surface area contributed by atoms with E-state index in [0.29, 0.717) is 6.04 Å². The standard InChI is InChI=1S/C14H20N2O2/c1-17-12-3-2-11-9-15-10-14(13(11)8-12)16-4-6-18-7-5-16/h2-3,8,14-15H,4-7,9-10H2,1H3/p+2/t14-/m0/s1. The molecule has 1 saturated heterocycles. The van der Waals surface area contributed by atoms with Crippen LogP contribution in [0.1, 0.15) is 17.2 Å². The van der Waals surface area contributed by atoms with Gasteiger partial charge >= 0.3 is 0 Å². The number of hydrogen-bond donors (Lipinski definition) is 2. The average Bonchev–Trinajstić information content (AvgIpc) is 2.47. The lowest BCUT2D eigenvalue weighted by Crippen LogP contribution is -3.17. The number of methoxy groups -OCH3 is 1. The van der Waals surface area contributed by atoms with Crippen LogP contribution in [0.2, 0.25) is 0 Å². The van der Waals surface area contributed by atoms with Crippen molar-refractivity contribution in [2.24, 2.45) is 0 Å². The van der Waals surface area contributed by atoms with Crippen LogP contribution in [0, 0.1) is 0 Å². The van der Waals surface area contributed by atoms with E-state index in [0.717, 1.165) is 38.6 Å². The van der Waals surface area contributed by atoms with Crippen LogP contribution >= 0.6 is 0 Å². The van der Waals surface area contributed by atoms with Gasteiger partial charge in [0.15, 0.2) is 6.04 Å². The summed E-state index contributed by atoms with van der Waals surface area (Å²) in [7, 11) is 1.74. The molecule has 0 aliphatic carbocycles. The van der Waals surface area contributed by atoms with Crippen molar-refractivity contribution in [2.75, 3.05) is 40.0 Å². The summed E-state index contributed by atoms with van der Waals surface area (Å²) in [5.74, 6) is 0.980. The lowest BCUT2D eigenvalue weighted by atomic mass is 9.95. The molecular weight excluding hydrogens is 228 g/mol. The molecule has 0 bridgehead atoms. The van der Waals surface area contributed by atoms with Crippen molar-refractivity contribution in [3.63, 3.8) is 0 Å². The molecule has 4 nitrogen and oxygen atoms in total. The van der Waals surface area contributed by atoms with Gasteiger partial charge in [-0.15, -0.1) is 0 Å². The van der Waals surface area contributed by atoms with Gasteiger partial charge in [-0.3, -0.25) is 0 Å². The summed E-state index contributed by atoms with van der Waals surface area (Å²) in [4.78, 5) is 1.66. The van der Waals surface area contributed by atoms with Crippen molar-refractivity contribution in [1.29, 1.82) is 0 Å². The van der Waals surface area contributed by atoms with E-state index in [4.69, 9.17) is 9.47 Å². The van der Waals surface area contributed by atoms with Crippen LogP contribution in [0.4, 0.5) is 0 Å². The SMILES string of the molecule is COc1ccc2c(c1)[C@@H]([NH+]1CCOCC1)C[NH2+]C2. The second-order valence-electron chi connectivity index (χ2n) is 5.12. The molecule has 2 aliphatic heterocycles. The number of nitrogens with one attached hydrogen (secondary N) is 1. The molecule has 0 aromatic heterocycles. The number of rotatable bonds is 2. The molecule has 2 heterocycles. The van der Waals surface area contributed by atoms with Crippen LogP contribution in [0.5, 0.6) is 5.75 Å². The maximum Gasteiger partial charge on any atom is 0.163 e. The first-order chi connectivity index (χ1) is 8.88. The Labute approximate surface area is 108 Å². The van der Waals surface area contributed by atoms with Crippen molar-refractivity contribution in [2.45, 2.75) is 12.6 Å². The first kappa shape index (κ1) is 12.0. The van der Waals surface area contributed by atoms with Gasteiger partial charge in [0, 0.05) is 11.1 Å². The normalized spacial score (nSPS) is 24.6. The minimum Gasteiger partial charge on any atom is -0.497 e. The summed E-state index contributed by atoms with van der Waals surface area (Å²) in [6.45, 7) is 6.30. The molecule has 0 radical (unpaired) electrons.